The number of nitrogens with two attached hydrogens (primary N) is 1. The van der Waals surface area contributed by atoms with Crippen LogP contribution >= 0.6 is 11.3 Å². The topological polar surface area (TPSA) is 59.1 Å². The molecule has 1 aromatic heterocycles. The maximum atomic E-state index is 10.1. The smallest absolute Gasteiger partial charge is 0.140 e. The van der Waals surface area contributed by atoms with E-state index >= 15 is 0 Å². The Morgan fingerprint density at radius 2 is 2.46 bits per heavy atom. The van der Waals surface area contributed by atoms with Crippen LogP contribution in [0.4, 0.5) is 0 Å². The predicted octanol–water partition coefficient (Wildman–Crippen LogP) is 1.13. The molecule has 3 nitrogen and oxygen atoms in total. The molecule has 1 aromatic rings. The van der Waals surface area contributed by atoms with Gasteiger partial charge in [0.1, 0.15) is 10.6 Å². The fourth-order valence-electron chi connectivity index (χ4n) is 1.34. The van der Waals surface area contributed by atoms with Crippen LogP contribution in [0.25, 0.3) is 0 Å². The van der Waals surface area contributed by atoms with Crippen LogP contribution in [-0.2, 0) is 5.60 Å². The number of aliphatic hydroxyl groups is 1. The summed E-state index contributed by atoms with van der Waals surface area (Å²) in [5.74, 6) is 0. The third-order valence-electron chi connectivity index (χ3n) is 1.96. The van der Waals surface area contributed by atoms with Crippen molar-refractivity contribution in [3.8, 4) is 0 Å². The molecule has 0 aromatic carbocycles. The van der Waals surface area contributed by atoms with E-state index in [1.807, 2.05) is 5.38 Å². The van der Waals surface area contributed by atoms with Gasteiger partial charge in [-0.3, -0.25) is 0 Å². The molecule has 1 aliphatic carbocycles. The van der Waals surface area contributed by atoms with Crippen molar-refractivity contribution in [2.75, 3.05) is 0 Å². The van der Waals surface area contributed by atoms with Gasteiger partial charge in [-0.05, 0) is 12.2 Å². The van der Waals surface area contributed by atoms with Gasteiger partial charge < -0.3 is 10.8 Å². The van der Waals surface area contributed by atoms with Crippen LogP contribution in [0.3, 0.4) is 0 Å². The van der Waals surface area contributed by atoms with Crippen molar-refractivity contribution in [3.05, 3.63) is 40.5 Å². The molecule has 4 heteroatoms. The molecule has 0 radical (unpaired) electrons. The second kappa shape index (κ2) is 2.97. The van der Waals surface area contributed by atoms with E-state index in [4.69, 9.17) is 5.73 Å². The monoisotopic (exact) mass is 194 g/mol. The largest absolute Gasteiger partial charge is 0.402 e. The lowest BCUT2D eigenvalue weighted by molar-refractivity contribution is 0.0876. The van der Waals surface area contributed by atoms with Crippen LogP contribution in [0, 0.1) is 0 Å². The summed E-state index contributed by atoms with van der Waals surface area (Å²) >= 11 is 1.44. The summed E-state index contributed by atoms with van der Waals surface area (Å²) in [6.45, 7) is 0. The maximum Gasteiger partial charge on any atom is 0.140 e. The quantitative estimate of drug-likeness (QED) is 0.704. The molecule has 0 amide bonds. The Labute approximate surface area is 80.2 Å². The van der Waals surface area contributed by atoms with Crippen molar-refractivity contribution < 1.29 is 5.11 Å². The molecule has 0 saturated carbocycles. The van der Waals surface area contributed by atoms with E-state index in [0.717, 1.165) is 0 Å². The fraction of sp³-hybridized carbons (Fsp3) is 0.222. The molecule has 1 aliphatic rings. The summed E-state index contributed by atoms with van der Waals surface area (Å²) in [5.41, 5.74) is 5.33. The van der Waals surface area contributed by atoms with Crippen LogP contribution in [0.5, 0.6) is 0 Å². The minimum absolute atomic E-state index is 0.428. The summed E-state index contributed by atoms with van der Waals surface area (Å²) in [5, 5.41) is 12.7. The van der Waals surface area contributed by atoms with Gasteiger partial charge in [-0.15, -0.1) is 11.3 Å². The average molecular weight is 194 g/mol. The Hall–Kier alpha value is -1.13. The van der Waals surface area contributed by atoms with Crippen molar-refractivity contribution in [2.24, 2.45) is 5.73 Å². The molecule has 0 bridgehead atoms. The second-order valence-electron chi connectivity index (χ2n) is 3.04. The van der Waals surface area contributed by atoms with Crippen molar-refractivity contribution >= 4 is 11.3 Å². The highest BCUT2D eigenvalue weighted by molar-refractivity contribution is 7.09. The van der Waals surface area contributed by atoms with E-state index in [1.165, 1.54) is 11.3 Å². The minimum Gasteiger partial charge on any atom is -0.402 e. The van der Waals surface area contributed by atoms with Gasteiger partial charge in [0, 0.05) is 23.7 Å². The Morgan fingerprint density at radius 1 is 1.62 bits per heavy atom. The van der Waals surface area contributed by atoms with Gasteiger partial charge in [-0.1, -0.05) is 6.08 Å². The van der Waals surface area contributed by atoms with Gasteiger partial charge in [-0.25, -0.2) is 4.98 Å². The molecule has 68 valence electrons. The van der Waals surface area contributed by atoms with Crippen LogP contribution in [0.1, 0.15) is 11.4 Å². The highest BCUT2D eigenvalue weighted by atomic mass is 32.1. The molecule has 1 unspecified atom stereocenters. The number of rotatable bonds is 1. The Balaban J connectivity index is 2.34. The second-order valence-corrected chi connectivity index (χ2v) is 3.93. The highest BCUT2D eigenvalue weighted by Gasteiger charge is 2.30. The van der Waals surface area contributed by atoms with Gasteiger partial charge in [0.25, 0.3) is 0 Å². The number of hydrogen-bond acceptors (Lipinski definition) is 4. The number of allylic oxidation sites excluding steroid dienone is 2. The molecular formula is C9H10N2OS. The molecule has 1 atom stereocenters. The minimum atomic E-state index is -0.993. The SMILES string of the molecule is NC1=CC=CC(O)(c2nccs2)C1. The molecular weight excluding hydrogens is 184 g/mol. The van der Waals surface area contributed by atoms with Crippen molar-refractivity contribution in [1.82, 2.24) is 4.98 Å². The lowest BCUT2D eigenvalue weighted by atomic mass is 9.94. The van der Waals surface area contributed by atoms with Gasteiger partial charge in [0.2, 0.25) is 0 Å². The van der Waals surface area contributed by atoms with Crippen LogP contribution < -0.4 is 5.73 Å². The molecule has 13 heavy (non-hydrogen) atoms. The standard InChI is InChI=1S/C9H10N2OS/c10-7-2-1-3-9(12,6-7)8-11-4-5-13-8/h1-5,12H,6,10H2. The van der Waals surface area contributed by atoms with E-state index < -0.39 is 5.60 Å². The van der Waals surface area contributed by atoms with Crippen LogP contribution in [-0.4, -0.2) is 10.1 Å². The van der Waals surface area contributed by atoms with Gasteiger partial charge >= 0.3 is 0 Å². The number of hydrogen-bond donors (Lipinski definition) is 2. The maximum absolute atomic E-state index is 10.1. The number of nitrogens with zero attached hydrogens (tertiary/aromatic N) is 1. The van der Waals surface area contributed by atoms with Gasteiger partial charge in [0.05, 0.1) is 0 Å². The van der Waals surface area contributed by atoms with Crippen molar-refractivity contribution in [1.29, 1.82) is 0 Å². The Bertz CT molecular complexity index is 356. The summed E-state index contributed by atoms with van der Waals surface area (Å²) in [4.78, 5) is 4.08. The lowest BCUT2D eigenvalue weighted by Crippen LogP contribution is -2.27. The lowest BCUT2D eigenvalue weighted by Gasteiger charge is -2.24. The summed E-state index contributed by atoms with van der Waals surface area (Å²) in [6, 6.07) is 0. The van der Waals surface area contributed by atoms with E-state index in [-0.39, 0.29) is 0 Å². The van der Waals surface area contributed by atoms with E-state index in [9.17, 15) is 5.11 Å². The number of thiazole rings is 1. The van der Waals surface area contributed by atoms with E-state index in [1.54, 1.807) is 24.4 Å². The normalized spacial score (nSPS) is 27.3. The molecule has 0 fully saturated rings. The zero-order chi connectivity index (χ0) is 9.31. The average Bonchev–Trinajstić information content (AvgIpc) is 2.55. The number of aromatic nitrogens is 1. The fourth-order valence-corrected chi connectivity index (χ4v) is 2.06. The van der Waals surface area contributed by atoms with Crippen molar-refractivity contribution in [2.45, 2.75) is 12.0 Å². The molecule has 3 N–H and O–H groups in total. The van der Waals surface area contributed by atoms with Gasteiger partial charge in [0.15, 0.2) is 0 Å². The van der Waals surface area contributed by atoms with Gasteiger partial charge in [-0.2, -0.15) is 0 Å². The summed E-state index contributed by atoms with van der Waals surface area (Å²) in [7, 11) is 0. The third kappa shape index (κ3) is 1.50. The zero-order valence-electron chi connectivity index (χ0n) is 6.97. The predicted molar refractivity (Wildman–Crippen MR) is 52.0 cm³/mol. The molecule has 0 spiro atoms. The van der Waals surface area contributed by atoms with E-state index in [2.05, 4.69) is 4.98 Å². The third-order valence-corrected chi connectivity index (χ3v) is 2.90. The first-order valence-electron chi connectivity index (χ1n) is 3.97. The van der Waals surface area contributed by atoms with Crippen LogP contribution in [0.15, 0.2) is 35.5 Å². The molecule has 0 aliphatic heterocycles. The molecule has 2 rings (SSSR count). The molecule has 0 saturated heterocycles. The Kier molecular flexibility index (Phi) is 1.94. The van der Waals surface area contributed by atoms with Crippen molar-refractivity contribution in [3.63, 3.8) is 0 Å². The first-order chi connectivity index (χ1) is 6.21. The summed E-state index contributed by atoms with van der Waals surface area (Å²) in [6.07, 6.45) is 7.39. The Morgan fingerprint density at radius 3 is 3.08 bits per heavy atom. The first kappa shape index (κ1) is 8.47. The summed E-state index contributed by atoms with van der Waals surface area (Å²) < 4.78 is 0. The highest BCUT2D eigenvalue weighted by Crippen LogP contribution is 2.32. The zero-order valence-corrected chi connectivity index (χ0v) is 7.79. The van der Waals surface area contributed by atoms with E-state index in [0.29, 0.717) is 17.1 Å². The van der Waals surface area contributed by atoms with Crippen LogP contribution in [0.2, 0.25) is 0 Å². The molecule has 1 heterocycles. The first-order valence-corrected chi connectivity index (χ1v) is 4.85.